The van der Waals surface area contributed by atoms with Gasteiger partial charge in [0.05, 0.1) is 11.9 Å². The third-order valence-corrected chi connectivity index (χ3v) is 7.05. The van der Waals surface area contributed by atoms with Crippen molar-refractivity contribution in [3.8, 4) is 5.75 Å². The maximum Gasteiger partial charge on any atom is 0.340 e. The Bertz CT molecular complexity index is 1620. The van der Waals surface area contributed by atoms with E-state index < -0.39 is 28.1 Å². The van der Waals surface area contributed by atoms with Gasteiger partial charge < -0.3 is 19.2 Å². The number of hydrogen-bond donors (Lipinski definition) is 4. The Kier molecular flexibility index (Phi) is 8.20. The number of halogens is 1. The number of aromatic amines is 1. The molecule has 0 fully saturated rings. The first-order chi connectivity index (χ1) is 18.5. The van der Waals surface area contributed by atoms with Crippen molar-refractivity contribution in [2.24, 2.45) is 0 Å². The number of aliphatic hydroxyl groups excluding tert-OH is 1. The first kappa shape index (κ1) is 28.0. The summed E-state index contributed by atoms with van der Waals surface area (Å²) in [7, 11) is 2.32. The molecular formula is C25H29FN6O6S. The highest BCUT2D eigenvalue weighted by atomic mass is 32.2. The zero-order valence-corrected chi connectivity index (χ0v) is 22.5. The van der Waals surface area contributed by atoms with Gasteiger partial charge in [-0.25, -0.2) is 13.9 Å². The van der Waals surface area contributed by atoms with E-state index >= 15 is 4.39 Å². The summed E-state index contributed by atoms with van der Waals surface area (Å²) in [6.07, 6.45) is 0.218. The monoisotopic (exact) mass is 560 g/mol. The molecule has 4 N–H and O–H groups in total. The van der Waals surface area contributed by atoms with E-state index in [0.717, 1.165) is 0 Å². The van der Waals surface area contributed by atoms with Crippen LogP contribution in [0.5, 0.6) is 5.75 Å². The van der Waals surface area contributed by atoms with Crippen molar-refractivity contribution in [3.05, 3.63) is 81.6 Å². The predicted molar refractivity (Wildman–Crippen MR) is 144 cm³/mol. The predicted octanol–water partition coefficient (Wildman–Crippen LogP) is 1.97. The highest BCUT2D eigenvalue weighted by Gasteiger charge is 2.21. The summed E-state index contributed by atoms with van der Waals surface area (Å²) < 4.78 is 54.5. The first-order valence-corrected chi connectivity index (χ1v) is 13.3. The lowest BCUT2D eigenvalue weighted by molar-refractivity contribution is -0.114. The number of hydrogen-bond acceptors (Lipinski definition) is 9. The molecule has 4 rings (SSSR count). The molecule has 0 radical (unpaired) electrons. The molecule has 0 spiro atoms. The van der Waals surface area contributed by atoms with Gasteiger partial charge in [-0.05, 0) is 43.4 Å². The minimum atomic E-state index is -3.96. The normalized spacial score (nSPS) is 12.6. The van der Waals surface area contributed by atoms with Crippen molar-refractivity contribution in [3.63, 3.8) is 0 Å². The summed E-state index contributed by atoms with van der Waals surface area (Å²) in [6.45, 7) is 0.230. The highest BCUT2D eigenvalue weighted by molar-refractivity contribution is 7.90. The molecule has 1 unspecified atom stereocenters. The Morgan fingerprint density at radius 3 is 2.62 bits per heavy atom. The molecule has 208 valence electrons. The van der Waals surface area contributed by atoms with Crippen molar-refractivity contribution in [1.29, 1.82) is 0 Å². The van der Waals surface area contributed by atoms with E-state index in [9.17, 15) is 18.3 Å². The summed E-state index contributed by atoms with van der Waals surface area (Å²) in [4.78, 5) is 16.6. The van der Waals surface area contributed by atoms with Gasteiger partial charge in [-0.3, -0.25) is 14.7 Å². The Morgan fingerprint density at radius 2 is 1.95 bits per heavy atom. The maximum atomic E-state index is 15.4. The summed E-state index contributed by atoms with van der Waals surface area (Å²) >= 11 is 0. The van der Waals surface area contributed by atoms with Crippen LogP contribution in [0.2, 0.25) is 0 Å². The van der Waals surface area contributed by atoms with Gasteiger partial charge in [0.1, 0.15) is 17.2 Å². The molecule has 1 atom stereocenters. The van der Waals surface area contributed by atoms with Gasteiger partial charge in [0.25, 0.3) is 16.6 Å². The largest absolute Gasteiger partial charge is 0.451 e. The fraction of sp³-hybridized carbons (Fsp3) is 0.280. The lowest BCUT2D eigenvalue weighted by Gasteiger charge is -2.21. The van der Waals surface area contributed by atoms with E-state index in [0.29, 0.717) is 16.8 Å². The van der Waals surface area contributed by atoms with E-state index in [1.54, 1.807) is 45.5 Å². The van der Waals surface area contributed by atoms with Crippen LogP contribution in [0, 0.1) is 5.82 Å². The lowest BCUT2D eigenvalue weighted by Crippen LogP contribution is -2.32. The molecule has 0 aliphatic rings. The van der Waals surface area contributed by atoms with Crippen LogP contribution in [-0.4, -0.2) is 63.2 Å². The molecule has 0 aliphatic heterocycles. The average molecular weight is 561 g/mol. The molecule has 12 nitrogen and oxygen atoms in total. The van der Waals surface area contributed by atoms with Crippen molar-refractivity contribution in [1.82, 2.24) is 19.8 Å². The number of benzene rings is 2. The second-order valence-electron chi connectivity index (χ2n) is 8.98. The van der Waals surface area contributed by atoms with Crippen LogP contribution in [0.3, 0.4) is 0 Å². The number of fused-ring (bicyclic) bond motifs is 1. The van der Waals surface area contributed by atoms with Crippen LogP contribution in [0.1, 0.15) is 16.7 Å². The molecule has 14 heteroatoms. The van der Waals surface area contributed by atoms with Gasteiger partial charge in [-0.15, -0.1) is 0 Å². The summed E-state index contributed by atoms with van der Waals surface area (Å²) in [6, 6.07) is 10.8. The van der Waals surface area contributed by atoms with Gasteiger partial charge in [0.2, 0.25) is 0 Å². The van der Waals surface area contributed by atoms with Gasteiger partial charge in [-0.1, -0.05) is 12.1 Å². The number of nitrogens with one attached hydrogen (secondary N) is 3. The minimum absolute atomic E-state index is 0.0949. The summed E-state index contributed by atoms with van der Waals surface area (Å²) in [5.74, 6) is 0.152. The second kappa shape index (κ2) is 11.4. The molecule has 0 aliphatic carbocycles. The number of nitrogens with zero attached hydrogens (tertiary/aromatic N) is 3. The zero-order valence-electron chi connectivity index (χ0n) is 21.7. The van der Waals surface area contributed by atoms with Crippen LogP contribution >= 0.6 is 0 Å². The smallest absolute Gasteiger partial charge is 0.340 e. The fourth-order valence-electron chi connectivity index (χ4n) is 3.91. The maximum absolute atomic E-state index is 15.4. The van der Waals surface area contributed by atoms with Crippen LogP contribution in [0.25, 0.3) is 11.0 Å². The Labute approximate surface area is 224 Å². The van der Waals surface area contributed by atoms with Crippen molar-refractivity contribution >= 4 is 32.7 Å². The fourth-order valence-corrected chi connectivity index (χ4v) is 4.46. The SMILES string of the molecule is CNS(=O)(=O)Nc1cccc(Cc2c(CN(C)c3ccn[nH]3)c3ccc(OC(O)N(C)C)cc3oc2=O)c1F. The van der Waals surface area contributed by atoms with Crippen LogP contribution in [-0.2, 0) is 23.2 Å². The van der Waals surface area contributed by atoms with E-state index in [-0.39, 0.29) is 41.1 Å². The molecule has 0 amide bonds. The lowest BCUT2D eigenvalue weighted by atomic mass is 9.97. The molecule has 39 heavy (non-hydrogen) atoms. The number of anilines is 2. The van der Waals surface area contributed by atoms with Gasteiger partial charge >= 0.3 is 5.63 Å². The van der Waals surface area contributed by atoms with E-state index in [2.05, 4.69) is 19.6 Å². The van der Waals surface area contributed by atoms with E-state index in [4.69, 9.17) is 9.15 Å². The molecule has 2 aromatic heterocycles. The number of aliphatic hydroxyl groups is 1. The number of ether oxygens (including phenoxy) is 1. The standard InChI is InChI=1S/C25H29FN6O6S/c1-27-39(35,36)30-20-7-5-6-15(23(20)26)12-18-19(14-32(4)22-10-11-28-29-22)17-9-8-16(37-25(34)31(2)3)13-21(17)38-24(18)33/h5-11,13,25,27,30,34H,12,14H2,1-4H3,(H,28,29). The molecule has 2 heterocycles. The first-order valence-electron chi connectivity index (χ1n) is 11.8. The average Bonchev–Trinajstić information content (AvgIpc) is 3.43. The Balaban J connectivity index is 1.81. The van der Waals surface area contributed by atoms with Crippen molar-refractivity contribution in [2.75, 3.05) is 37.8 Å². The van der Waals surface area contributed by atoms with Crippen molar-refractivity contribution in [2.45, 2.75) is 19.4 Å². The Morgan fingerprint density at radius 1 is 1.18 bits per heavy atom. The number of H-pyrrole nitrogens is 1. The van der Waals surface area contributed by atoms with Gasteiger partial charge in [-0.2, -0.15) is 13.5 Å². The zero-order chi connectivity index (χ0) is 28.3. The van der Waals surface area contributed by atoms with Gasteiger partial charge in [0, 0.05) is 50.1 Å². The quantitative estimate of drug-likeness (QED) is 0.159. The van der Waals surface area contributed by atoms with Crippen LogP contribution in [0.15, 0.2) is 57.9 Å². The van der Waals surface area contributed by atoms with Crippen LogP contribution < -0.4 is 24.7 Å². The molecule has 4 aromatic rings. The summed E-state index contributed by atoms with van der Waals surface area (Å²) in [5, 5.41) is 17.4. The minimum Gasteiger partial charge on any atom is -0.451 e. The van der Waals surface area contributed by atoms with E-state index in [1.807, 2.05) is 4.90 Å². The summed E-state index contributed by atoms with van der Waals surface area (Å²) in [5.41, 5.74) is 0.126. The number of aromatic nitrogens is 2. The highest BCUT2D eigenvalue weighted by Crippen LogP contribution is 2.29. The third-order valence-electron chi connectivity index (χ3n) is 6.03. The topological polar surface area (TPSA) is 153 Å². The molecule has 2 aromatic carbocycles. The molecule has 0 saturated heterocycles. The molecule has 0 saturated carbocycles. The van der Waals surface area contributed by atoms with Crippen LogP contribution in [0.4, 0.5) is 15.9 Å². The Hall–Kier alpha value is -3.98. The molecular weight excluding hydrogens is 531 g/mol. The third kappa shape index (κ3) is 6.37. The number of rotatable bonds is 11. The molecule has 0 bridgehead atoms. The van der Waals surface area contributed by atoms with Crippen molar-refractivity contribution < 1.29 is 27.1 Å². The second-order valence-corrected chi connectivity index (χ2v) is 10.6. The van der Waals surface area contributed by atoms with E-state index in [1.165, 1.54) is 36.2 Å². The van der Waals surface area contributed by atoms with Gasteiger partial charge in [0.15, 0.2) is 5.82 Å².